The molecule has 0 radical (unpaired) electrons. The monoisotopic (exact) mass is 1140 g/mol. The van der Waals surface area contributed by atoms with Crippen molar-refractivity contribution in [2.75, 3.05) is 25.1 Å². The Morgan fingerprint density at radius 2 is 1.65 bits per heavy atom. The van der Waals surface area contributed by atoms with Crippen molar-refractivity contribution in [1.82, 2.24) is 30.8 Å². The Hall–Kier alpha value is -6.78. The number of nitrogens with one attached hydrogen (secondary N) is 4. The minimum atomic E-state index is -2.04. The van der Waals surface area contributed by atoms with Crippen LogP contribution in [0.3, 0.4) is 0 Å². The number of Topliss-reactive ketones (excluding diaryl/α,β-unsaturated/α-hetero) is 3. The predicted octanol–water partition coefficient (Wildman–Crippen LogP) is 5.78. The fourth-order valence-electron chi connectivity index (χ4n) is 10.4. The highest BCUT2D eigenvalue weighted by Gasteiger charge is 2.46. The number of carbonyl (C=O) groups excluding carboxylic acids is 9. The van der Waals surface area contributed by atoms with E-state index in [9.17, 15) is 53.1 Å². The van der Waals surface area contributed by atoms with Crippen LogP contribution in [0.25, 0.3) is 22.3 Å². The van der Waals surface area contributed by atoms with Crippen LogP contribution in [0.2, 0.25) is 0 Å². The van der Waals surface area contributed by atoms with Gasteiger partial charge in [-0.05, 0) is 94.4 Å². The Bertz CT molecular complexity index is 3160. The first-order valence-corrected chi connectivity index (χ1v) is 29.7. The quantitative estimate of drug-likeness (QED) is 0.0237. The number of nitrogens with zero attached hydrogens (tertiary/aromatic N) is 2. The summed E-state index contributed by atoms with van der Waals surface area (Å²) in [5.74, 6) is -5.65. The molecule has 0 spiro atoms. The van der Waals surface area contributed by atoms with Gasteiger partial charge in [-0.3, -0.25) is 43.2 Å². The number of ketones is 3. The van der Waals surface area contributed by atoms with Gasteiger partial charge in [-0.1, -0.05) is 58.8 Å². The van der Waals surface area contributed by atoms with Crippen molar-refractivity contribution in [2.24, 2.45) is 5.92 Å². The van der Waals surface area contributed by atoms with Gasteiger partial charge < -0.3 is 40.4 Å². The number of benzene rings is 2. The Kier molecular flexibility index (Phi) is 20.3. The van der Waals surface area contributed by atoms with E-state index < -0.39 is 88.4 Å². The van der Waals surface area contributed by atoms with Crippen molar-refractivity contribution in [1.29, 1.82) is 0 Å². The summed E-state index contributed by atoms with van der Waals surface area (Å²) in [5, 5.41) is 23.2. The fraction of sp³-hybridized carbons (Fsp3) is 0.500. The first-order valence-electron chi connectivity index (χ1n) is 26.9. The molecule has 7 rings (SSSR count). The van der Waals surface area contributed by atoms with E-state index >= 15 is 4.39 Å². The molecule has 2 aliphatic heterocycles. The number of halogens is 1. The summed E-state index contributed by atoms with van der Waals surface area (Å²) in [4.78, 5) is 137. The minimum Gasteiger partial charge on any atom is -0.460 e. The van der Waals surface area contributed by atoms with Gasteiger partial charge in [0.05, 0.1) is 60.0 Å². The van der Waals surface area contributed by atoms with Gasteiger partial charge in [-0.2, -0.15) is 0 Å². The Morgan fingerprint density at radius 3 is 2.36 bits per heavy atom. The maximum atomic E-state index is 15.4. The number of cyclic esters (lactones) is 1. The van der Waals surface area contributed by atoms with Gasteiger partial charge in [0.25, 0.3) is 5.56 Å². The molecule has 2 aromatic carbocycles. The molecule has 3 aliphatic rings. The van der Waals surface area contributed by atoms with Crippen LogP contribution >= 0.6 is 21.6 Å². The standard InChI is InChI=1S/C58H69FN6O13S2/c1-7-58(76)40-27-45-53-38(30-65(45)55(74)39(40)31-77-56(58)75)52-42(17-16-37-32(2)41(59)28-44(64-53)51(37)52)62-48(70)14-11-22-60-47(69)20-18-46(68)43(24-33-12-9-8-10-13-33)63-49(71)19-15-36(67)29-61-54(73)34(25-35(66)21-23-80-79-6)26-50(72)78-57(3,4)5/h8-10,12-13,27-28,34,42-43,76H,7,11,14-26,29-31H2,1-6H3,(H,60,69)(H,61,73)(H,62,70)(H,63,71)/t34-,42-,43-,58-/m0/s1. The largest absolute Gasteiger partial charge is 0.460 e. The summed E-state index contributed by atoms with van der Waals surface area (Å²) in [6.45, 7) is 7.79. The average molecular weight is 1140 g/mol. The zero-order chi connectivity index (χ0) is 58.1. The first-order chi connectivity index (χ1) is 38.0. The molecule has 80 heavy (non-hydrogen) atoms. The van der Waals surface area contributed by atoms with Gasteiger partial charge in [-0.25, -0.2) is 14.2 Å². The molecule has 0 saturated heterocycles. The van der Waals surface area contributed by atoms with E-state index in [1.165, 1.54) is 32.2 Å². The number of rotatable bonds is 27. The second-order valence-corrected chi connectivity index (χ2v) is 24.1. The molecule has 0 unspecified atom stereocenters. The highest BCUT2D eigenvalue weighted by molar-refractivity contribution is 8.76. The van der Waals surface area contributed by atoms with Crippen molar-refractivity contribution in [2.45, 2.75) is 155 Å². The van der Waals surface area contributed by atoms with Crippen LogP contribution in [0.15, 0.2) is 47.3 Å². The van der Waals surface area contributed by atoms with Gasteiger partial charge in [-0.15, -0.1) is 0 Å². The lowest BCUT2D eigenvalue weighted by molar-refractivity contribution is -0.172. The molecule has 4 atom stereocenters. The van der Waals surface area contributed by atoms with Gasteiger partial charge >= 0.3 is 11.9 Å². The van der Waals surface area contributed by atoms with Gasteiger partial charge in [0.2, 0.25) is 23.6 Å². The molecule has 428 valence electrons. The summed E-state index contributed by atoms with van der Waals surface area (Å²) in [6.07, 6.45) is 1.71. The first kappa shape index (κ1) is 60.9. The van der Waals surface area contributed by atoms with E-state index in [-0.39, 0.29) is 113 Å². The lowest BCUT2D eigenvalue weighted by Gasteiger charge is -2.31. The molecule has 19 nitrogen and oxygen atoms in total. The summed E-state index contributed by atoms with van der Waals surface area (Å²) in [7, 11) is 3.00. The maximum absolute atomic E-state index is 15.4. The van der Waals surface area contributed by atoms with Crippen LogP contribution in [-0.2, 0) is 84.2 Å². The predicted molar refractivity (Wildman–Crippen MR) is 298 cm³/mol. The van der Waals surface area contributed by atoms with Gasteiger partial charge in [0, 0.05) is 79.8 Å². The van der Waals surface area contributed by atoms with E-state index in [2.05, 4.69) is 21.3 Å². The molecule has 22 heteroatoms. The smallest absolute Gasteiger partial charge is 0.343 e. The lowest BCUT2D eigenvalue weighted by Crippen LogP contribution is -2.44. The zero-order valence-corrected chi connectivity index (χ0v) is 47.6. The topological polar surface area (TPSA) is 275 Å². The summed E-state index contributed by atoms with van der Waals surface area (Å²) in [5.41, 5.74) is 1.41. The fourth-order valence-corrected chi connectivity index (χ4v) is 11.7. The van der Waals surface area contributed by atoms with E-state index in [4.69, 9.17) is 14.5 Å². The van der Waals surface area contributed by atoms with Crippen LogP contribution in [0.5, 0.6) is 0 Å². The van der Waals surface area contributed by atoms with Crippen molar-refractivity contribution in [3.63, 3.8) is 0 Å². The van der Waals surface area contributed by atoms with Crippen molar-refractivity contribution in [3.05, 3.63) is 97.6 Å². The molecule has 0 saturated carbocycles. The zero-order valence-electron chi connectivity index (χ0n) is 45.9. The third-order valence-corrected chi connectivity index (χ3v) is 16.4. The normalized spacial score (nSPS) is 16.8. The number of esters is 2. The van der Waals surface area contributed by atoms with E-state index in [0.29, 0.717) is 57.6 Å². The number of pyridine rings is 2. The number of hydrogen-bond donors (Lipinski definition) is 5. The average Bonchev–Trinajstić information content (AvgIpc) is 3.83. The molecular weight excluding hydrogens is 1070 g/mol. The summed E-state index contributed by atoms with van der Waals surface area (Å²) < 4.78 is 27.5. The molecule has 4 aromatic rings. The molecule has 4 heterocycles. The third kappa shape index (κ3) is 14.8. The summed E-state index contributed by atoms with van der Waals surface area (Å²) in [6, 6.07) is 10.3. The SMILES string of the molecule is CC[C@@]1(O)C(=O)OCc2c1cc1n(c2=O)Cc2c-1nc1cc(F)c(C)c3c1c2[C@@H](NC(=O)CCCNC(=O)CCC(=O)[C@H](Cc1ccccc1)NC(=O)CCC(=O)CNC(=O)[C@@H](CC(=O)CCSSC)CC(=O)OC(C)(C)C)CC3. The van der Waals surface area contributed by atoms with E-state index in [0.717, 1.165) is 11.1 Å². The number of hydrogen-bond acceptors (Lipinski definition) is 16. The molecule has 1 aliphatic carbocycles. The van der Waals surface area contributed by atoms with Crippen LogP contribution in [0.1, 0.15) is 143 Å². The number of ether oxygens (including phenoxy) is 2. The Balaban J connectivity index is 0.907. The van der Waals surface area contributed by atoms with Crippen LogP contribution in [0.4, 0.5) is 4.39 Å². The molecule has 5 N–H and O–H groups in total. The van der Waals surface area contributed by atoms with Crippen molar-refractivity contribution >= 4 is 85.4 Å². The third-order valence-electron chi connectivity index (χ3n) is 14.6. The number of fused-ring (bicyclic) bond motifs is 5. The number of amides is 4. The van der Waals surface area contributed by atoms with Crippen LogP contribution in [0, 0.1) is 18.7 Å². The maximum Gasteiger partial charge on any atom is 0.343 e. The van der Waals surface area contributed by atoms with E-state index in [1.807, 2.05) is 6.26 Å². The number of aryl methyl sites for hydroxylation is 1. The van der Waals surface area contributed by atoms with Crippen molar-refractivity contribution in [3.8, 4) is 11.4 Å². The Labute approximate surface area is 470 Å². The number of carbonyl (C=O) groups is 9. The highest BCUT2D eigenvalue weighted by atomic mass is 33.1. The summed E-state index contributed by atoms with van der Waals surface area (Å²) >= 11 is 0. The highest BCUT2D eigenvalue weighted by Crippen LogP contribution is 2.46. The second-order valence-electron chi connectivity index (χ2n) is 21.4. The molecule has 0 fully saturated rings. The minimum absolute atomic E-state index is 0.0190. The second kappa shape index (κ2) is 26.7. The van der Waals surface area contributed by atoms with Crippen LogP contribution < -0.4 is 26.8 Å². The molecule has 4 amide bonds. The Morgan fingerprint density at radius 1 is 0.912 bits per heavy atom. The van der Waals surface area contributed by atoms with Crippen LogP contribution in [-0.4, -0.2) is 104 Å². The number of aromatic nitrogens is 2. The van der Waals surface area contributed by atoms with E-state index in [1.54, 1.807) is 71.0 Å². The van der Waals surface area contributed by atoms with Gasteiger partial charge in [0.15, 0.2) is 17.2 Å². The van der Waals surface area contributed by atoms with Crippen molar-refractivity contribution < 1.29 is 62.1 Å². The number of aliphatic hydroxyl groups is 1. The lowest BCUT2D eigenvalue weighted by atomic mass is 9.81. The molecule has 0 bridgehead atoms. The molecular formula is C58H69FN6O13S2. The van der Waals surface area contributed by atoms with Gasteiger partial charge in [0.1, 0.15) is 23.8 Å². The molecule has 2 aromatic heterocycles.